The van der Waals surface area contributed by atoms with Crippen molar-refractivity contribution in [1.82, 2.24) is 14.9 Å². The van der Waals surface area contributed by atoms with Crippen LogP contribution in [0.3, 0.4) is 0 Å². The number of benzene rings is 2. The SMILES string of the molecule is C=CCOCC(O)CN1CCN(c2nc(-c3ccccc3)nc(CC)c2Cc2ccccc2F)CC1. The summed E-state index contributed by atoms with van der Waals surface area (Å²) in [4.78, 5) is 14.5. The third-order valence-corrected chi connectivity index (χ3v) is 6.45. The fourth-order valence-corrected chi connectivity index (χ4v) is 4.58. The Hall–Kier alpha value is -3.13. The minimum absolute atomic E-state index is 0.213. The summed E-state index contributed by atoms with van der Waals surface area (Å²) < 4.78 is 20.0. The molecular formula is C29H35FN4O2. The second-order valence-electron chi connectivity index (χ2n) is 9.05. The van der Waals surface area contributed by atoms with Crippen molar-refractivity contribution in [3.05, 3.63) is 89.9 Å². The number of aliphatic hydroxyl groups is 1. The Labute approximate surface area is 213 Å². The van der Waals surface area contributed by atoms with Gasteiger partial charge in [-0.1, -0.05) is 61.5 Å². The highest BCUT2D eigenvalue weighted by atomic mass is 19.1. The van der Waals surface area contributed by atoms with Crippen LogP contribution in [0.25, 0.3) is 11.4 Å². The Morgan fingerprint density at radius 2 is 1.78 bits per heavy atom. The molecule has 0 amide bonds. The third kappa shape index (κ3) is 6.55. The Morgan fingerprint density at radius 3 is 2.47 bits per heavy atom. The summed E-state index contributed by atoms with van der Waals surface area (Å²) in [5.41, 5.74) is 3.53. The zero-order chi connectivity index (χ0) is 25.3. The van der Waals surface area contributed by atoms with Crippen molar-refractivity contribution in [1.29, 1.82) is 0 Å². The standard InChI is InChI=1S/C29H35FN4O2/c1-3-18-36-21-24(35)20-33-14-16-34(17-15-33)29-25(19-23-12-8-9-13-26(23)30)27(4-2)31-28(32-29)22-10-6-5-7-11-22/h3,5-13,24,35H,1,4,14-21H2,2H3. The fraction of sp³-hybridized carbons (Fsp3) is 0.379. The van der Waals surface area contributed by atoms with E-state index in [9.17, 15) is 9.50 Å². The summed E-state index contributed by atoms with van der Waals surface area (Å²) in [5, 5.41) is 10.3. The van der Waals surface area contributed by atoms with Crippen molar-refractivity contribution in [3.63, 3.8) is 0 Å². The van der Waals surface area contributed by atoms with Gasteiger partial charge in [-0.25, -0.2) is 14.4 Å². The number of ether oxygens (including phenoxy) is 1. The number of hydrogen-bond donors (Lipinski definition) is 1. The van der Waals surface area contributed by atoms with Crippen LogP contribution >= 0.6 is 0 Å². The molecule has 1 unspecified atom stereocenters. The lowest BCUT2D eigenvalue weighted by atomic mass is 10.0. The second kappa shape index (κ2) is 12.7. The lowest BCUT2D eigenvalue weighted by Gasteiger charge is -2.37. The third-order valence-electron chi connectivity index (χ3n) is 6.45. The van der Waals surface area contributed by atoms with Crippen LogP contribution in [-0.2, 0) is 17.6 Å². The monoisotopic (exact) mass is 490 g/mol. The second-order valence-corrected chi connectivity index (χ2v) is 9.05. The van der Waals surface area contributed by atoms with Crippen molar-refractivity contribution >= 4 is 5.82 Å². The summed E-state index contributed by atoms with van der Waals surface area (Å²) in [6.45, 7) is 10.1. The van der Waals surface area contributed by atoms with Gasteiger partial charge in [0, 0.05) is 56.0 Å². The molecule has 1 fully saturated rings. The number of aliphatic hydroxyl groups excluding tert-OH is 1. The van der Waals surface area contributed by atoms with E-state index in [1.165, 1.54) is 6.07 Å². The van der Waals surface area contributed by atoms with Crippen molar-refractivity contribution in [3.8, 4) is 11.4 Å². The quantitative estimate of drug-likeness (QED) is 0.322. The molecule has 2 heterocycles. The van der Waals surface area contributed by atoms with Gasteiger partial charge in [0.05, 0.1) is 19.3 Å². The van der Waals surface area contributed by atoms with Gasteiger partial charge in [0.2, 0.25) is 0 Å². The Kier molecular flexibility index (Phi) is 9.17. The van der Waals surface area contributed by atoms with Crippen molar-refractivity contribution in [2.24, 2.45) is 0 Å². The summed E-state index contributed by atoms with van der Waals surface area (Å²) in [6.07, 6.45) is 2.32. The molecule has 190 valence electrons. The average molecular weight is 491 g/mol. The van der Waals surface area contributed by atoms with Crippen LogP contribution in [0.5, 0.6) is 0 Å². The normalized spacial score (nSPS) is 15.1. The first kappa shape index (κ1) is 25.9. The maximum absolute atomic E-state index is 14.6. The first-order chi connectivity index (χ1) is 17.6. The predicted molar refractivity (Wildman–Crippen MR) is 142 cm³/mol. The van der Waals surface area contributed by atoms with Crippen molar-refractivity contribution in [2.75, 3.05) is 50.8 Å². The minimum Gasteiger partial charge on any atom is -0.389 e. The summed E-state index contributed by atoms with van der Waals surface area (Å²) in [6, 6.07) is 16.9. The van der Waals surface area contributed by atoms with Crippen LogP contribution in [-0.4, -0.2) is 72.0 Å². The molecule has 0 aliphatic carbocycles. The number of aromatic nitrogens is 2. The highest BCUT2D eigenvalue weighted by molar-refractivity contribution is 5.61. The van der Waals surface area contributed by atoms with Crippen LogP contribution in [0.2, 0.25) is 0 Å². The topological polar surface area (TPSA) is 61.7 Å². The zero-order valence-corrected chi connectivity index (χ0v) is 20.9. The summed E-state index contributed by atoms with van der Waals surface area (Å²) in [7, 11) is 0. The molecule has 0 bridgehead atoms. The maximum atomic E-state index is 14.6. The van der Waals surface area contributed by atoms with E-state index in [1.807, 2.05) is 42.5 Å². The van der Waals surface area contributed by atoms with E-state index in [2.05, 4.69) is 23.3 Å². The number of hydrogen-bond acceptors (Lipinski definition) is 6. The van der Waals surface area contributed by atoms with E-state index >= 15 is 0 Å². The molecule has 4 rings (SSSR count). The first-order valence-corrected chi connectivity index (χ1v) is 12.6. The van der Waals surface area contributed by atoms with Gasteiger partial charge in [-0.3, -0.25) is 4.90 Å². The smallest absolute Gasteiger partial charge is 0.161 e. The molecule has 6 nitrogen and oxygen atoms in total. The number of halogens is 1. The molecule has 1 aliphatic rings. The molecule has 1 aromatic heterocycles. The fourth-order valence-electron chi connectivity index (χ4n) is 4.58. The van der Waals surface area contributed by atoms with Gasteiger partial charge in [0.15, 0.2) is 5.82 Å². The molecule has 0 saturated carbocycles. The molecule has 0 radical (unpaired) electrons. The lowest BCUT2D eigenvalue weighted by Crippen LogP contribution is -2.49. The van der Waals surface area contributed by atoms with Gasteiger partial charge >= 0.3 is 0 Å². The van der Waals surface area contributed by atoms with Gasteiger partial charge in [0.25, 0.3) is 0 Å². The number of piperazine rings is 1. The van der Waals surface area contributed by atoms with Crippen LogP contribution in [0, 0.1) is 5.82 Å². The van der Waals surface area contributed by atoms with E-state index in [0.717, 1.165) is 55.2 Å². The number of nitrogens with zero attached hydrogens (tertiary/aromatic N) is 4. The molecule has 2 aromatic carbocycles. The van der Waals surface area contributed by atoms with E-state index in [-0.39, 0.29) is 5.82 Å². The van der Waals surface area contributed by atoms with E-state index in [4.69, 9.17) is 14.7 Å². The molecule has 1 aliphatic heterocycles. The molecule has 7 heteroatoms. The van der Waals surface area contributed by atoms with E-state index < -0.39 is 6.10 Å². The minimum atomic E-state index is -0.538. The Morgan fingerprint density at radius 1 is 1.06 bits per heavy atom. The number of anilines is 1. The van der Waals surface area contributed by atoms with Crippen LogP contribution < -0.4 is 4.90 Å². The maximum Gasteiger partial charge on any atom is 0.161 e. The number of rotatable bonds is 11. The van der Waals surface area contributed by atoms with E-state index in [0.29, 0.717) is 37.6 Å². The molecule has 1 atom stereocenters. The van der Waals surface area contributed by atoms with Gasteiger partial charge in [-0.05, 0) is 18.1 Å². The molecule has 1 saturated heterocycles. The highest BCUT2D eigenvalue weighted by Gasteiger charge is 2.25. The largest absolute Gasteiger partial charge is 0.389 e. The molecule has 1 N–H and O–H groups in total. The van der Waals surface area contributed by atoms with Crippen molar-refractivity contribution in [2.45, 2.75) is 25.9 Å². The summed E-state index contributed by atoms with van der Waals surface area (Å²) in [5.74, 6) is 1.35. The van der Waals surface area contributed by atoms with Crippen LogP contribution in [0.15, 0.2) is 67.3 Å². The first-order valence-electron chi connectivity index (χ1n) is 12.6. The van der Waals surface area contributed by atoms with Crippen molar-refractivity contribution < 1.29 is 14.2 Å². The average Bonchev–Trinajstić information content (AvgIpc) is 2.91. The van der Waals surface area contributed by atoms with Gasteiger partial charge < -0.3 is 14.7 Å². The van der Waals surface area contributed by atoms with Gasteiger partial charge in [0.1, 0.15) is 11.6 Å². The van der Waals surface area contributed by atoms with Gasteiger partial charge in [-0.2, -0.15) is 0 Å². The molecule has 36 heavy (non-hydrogen) atoms. The molecule has 0 spiro atoms. The molecule has 3 aromatic rings. The highest BCUT2D eigenvalue weighted by Crippen LogP contribution is 2.29. The predicted octanol–water partition coefficient (Wildman–Crippen LogP) is 4.12. The zero-order valence-electron chi connectivity index (χ0n) is 20.9. The summed E-state index contributed by atoms with van der Waals surface area (Å²) >= 11 is 0. The number of β-amino-alcohol motifs (C(OH)–C–C–N with tert-alkyl or cyclic N) is 1. The lowest BCUT2D eigenvalue weighted by molar-refractivity contribution is 0.0252. The van der Waals surface area contributed by atoms with Crippen LogP contribution in [0.4, 0.5) is 10.2 Å². The Balaban J connectivity index is 1.59. The Bertz CT molecular complexity index is 1130. The number of aryl methyl sites for hydroxylation is 1. The van der Waals surface area contributed by atoms with Crippen LogP contribution in [0.1, 0.15) is 23.7 Å². The van der Waals surface area contributed by atoms with E-state index in [1.54, 1.807) is 12.1 Å². The molecular weight excluding hydrogens is 455 g/mol. The van der Waals surface area contributed by atoms with Gasteiger partial charge in [-0.15, -0.1) is 6.58 Å².